The second kappa shape index (κ2) is 19.7. The zero-order chi connectivity index (χ0) is 35.8. The van der Waals surface area contributed by atoms with Crippen LogP contribution in [-0.2, 0) is 23.7 Å². The van der Waals surface area contributed by atoms with Crippen molar-refractivity contribution in [1.29, 1.82) is 0 Å². The molecule has 3 aromatic rings. The Morgan fingerprint density at radius 1 is 0.608 bits per heavy atom. The molecular weight excluding hydrogens is 652 g/mol. The van der Waals surface area contributed by atoms with Crippen LogP contribution in [-0.4, -0.2) is 68.8 Å². The maximum atomic E-state index is 12.9. The van der Waals surface area contributed by atoms with E-state index < -0.39 is 42.3 Å². The van der Waals surface area contributed by atoms with Gasteiger partial charge in [0, 0.05) is 6.08 Å². The van der Waals surface area contributed by atoms with Crippen molar-refractivity contribution in [2.24, 2.45) is 0 Å². The maximum absolute atomic E-state index is 12.9. The summed E-state index contributed by atoms with van der Waals surface area (Å²) in [6, 6.07) is 20.4. The Kier molecular flexibility index (Phi) is 14.5. The third-order valence-electron chi connectivity index (χ3n) is 8.70. The molecule has 5 rings (SSSR count). The van der Waals surface area contributed by atoms with Crippen molar-refractivity contribution in [3.63, 3.8) is 0 Å². The highest BCUT2D eigenvalue weighted by molar-refractivity contribution is 5.92. The molecule has 10 heteroatoms. The number of hydrogen-bond acceptors (Lipinski definition) is 10. The Labute approximate surface area is 300 Å². The van der Waals surface area contributed by atoms with Crippen LogP contribution >= 0.6 is 0 Å². The smallest absolute Gasteiger partial charge is 0.343 e. The minimum Gasteiger partial charge on any atom is -0.494 e. The van der Waals surface area contributed by atoms with E-state index >= 15 is 0 Å². The van der Waals surface area contributed by atoms with E-state index in [0.29, 0.717) is 24.5 Å². The Balaban J connectivity index is 1.03. The summed E-state index contributed by atoms with van der Waals surface area (Å²) in [7, 11) is 0. The first-order chi connectivity index (χ1) is 24.9. The molecule has 51 heavy (non-hydrogen) atoms. The predicted octanol–water partition coefficient (Wildman–Crippen LogP) is 7.77. The van der Waals surface area contributed by atoms with Gasteiger partial charge in [-0.05, 0) is 85.1 Å². The molecule has 0 saturated carbocycles. The number of fused-ring (bicyclic) bond motifs is 1. The summed E-state index contributed by atoms with van der Waals surface area (Å²) in [6.07, 6.45) is 9.69. The molecule has 0 aliphatic carbocycles. The summed E-state index contributed by atoms with van der Waals surface area (Å²) in [4.78, 5) is 38.2. The van der Waals surface area contributed by atoms with E-state index in [4.69, 9.17) is 33.2 Å². The Bertz CT molecular complexity index is 1570. The van der Waals surface area contributed by atoms with E-state index in [1.807, 2.05) is 24.3 Å². The first-order valence-corrected chi connectivity index (χ1v) is 18.0. The third-order valence-corrected chi connectivity index (χ3v) is 8.70. The van der Waals surface area contributed by atoms with Gasteiger partial charge in [0.25, 0.3) is 0 Å². The molecule has 0 aromatic heterocycles. The van der Waals surface area contributed by atoms with Crippen LogP contribution in [0.2, 0.25) is 0 Å². The highest BCUT2D eigenvalue weighted by Gasteiger charge is 2.51. The summed E-state index contributed by atoms with van der Waals surface area (Å²) in [5, 5.41) is 0. The van der Waals surface area contributed by atoms with E-state index in [1.54, 1.807) is 30.3 Å². The first kappa shape index (κ1) is 37.6. The minimum absolute atomic E-state index is 0.108. The molecule has 2 saturated heterocycles. The Hall–Kier alpha value is -4.67. The van der Waals surface area contributed by atoms with Crippen molar-refractivity contribution >= 4 is 24.0 Å². The molecule has 0 amide bonds. The van der Waals surface area contributed by atoms with Gasteiger partial charge in [-0.3, -0.25) is 0 Å². The fourth-order valence-corrected chi connectivity index (χ4v) is 5.81. The number of esters is 3. The summed E-state index contributed by atoms with van der Waals surface area (Å²) in [5.74, 6) is 0.161. The van der Waals surface area contributed by atoms with E-state index in [9.17, 15) is 14.4 Å². The zero-order valence-corrected chi connectivity index (χ0v) is 29.5. The molecule has 10 nitrogen and oxygen atoms in total. The topological polar surface area (TPSA) is 116 Å². The number of hydrogen-bond donors (Lipinski definition) is 0. The number of benzene rings is 3. The summed E-state index contributed by atoms with van der Waals surface area (Å²) >= 11 is 0. The Morgan fingerprint density at radius 3 is 1.65 bits per heavy atom. The van der Waals surface area contributed by atoms with Crippen molar-refractivity contribution in [3.05, 3.63) is 95.6 Å². The van der Waals surface area contributed by atoms with Crippen LogP contribution in [0.25, 0.3) is 6.08 Å². The van der Waals surface area contributed by atoms with Gasteiger partial charge in [0.1, 0.15) is 29.5 Å². The maximum Gasteiger partial charge on any atom is 0.343 e. The normalized spacial score (nSPS) is 19.4. The third kappa shape index (κ3) is 11.4. The summed E-state index contributed by atoms with van der Waals surface area (Å²) in [5.41, 5.74) is 1.49. The minimum atomic E-state index is -0.671. The number of carbonyl (C=O) groups excluding carboxylic acids is 3. The van der Waals surface area contributed by atoms with Gasteiger partial charge in [-0.1, -0.05) is 64.5 Å². The van der Waals surface area contributed by atoms with Crippen LogP contribution in [0.15, 0.2) is 78.9 Å². The quantitative estimate of drug-likeness (QED) is 0.0532. The molecule has 0 radical (unpaired) electrons. The molecule has 0 bridgehead atoms. The molecule has 2 aliphatic heterocycles. The van der Waals surface area contributed by atoms with Crippen molar-refractivity contribution in [2.75, 3.05) is 26.4 Å². The van der Waals surface area contributed by atoms with Crippen molar-refractivity contribution in [2.45, 2.75) is 89.6 Å². The van der Waals surface area contributed by atoms with E-state index in [-0.39, 0.29) is 24.5 Å². The first-order valence-electron chi connectivity index (χ1n) is 18.0. The highest BCUT2D eigenvalue weighted by atomic mass is 16.7. The van der Waals surface area contributed by atoms with Crippen LogP contribution in [0.1, 0.15) is 91.5 Å². The second-order valence-electron chi connectivity index (χ2n) is 12.7. The summed E-state index contributed by atoms with van der Waals surface area (Å²) < 4.78 is 40.0. The van der Waals surface area contributed by atoms with E-state index in [0.717, 1.165) is 37.0 Å². The van der Waals surface area contributed by atoms with Gasteiger partial charge in [-0.25, -0.2) is 14.4 Å². The average molecular weight is 701 g/mol. The molecule has 2 aliphatic rings. The molecule has 0 unspecified atom stereocenters. The lowest BCUT2D eigenvalue weighted by Crippen LogP contribution is -2.35. The van der Waals surface area contributed by atoms with Gasteiger partial charge in [-0.15, -0.1) is 0 Å². The number of unbranched alkanes of at least 4 members (excludes halogenated alkanes) is 6. The molecule has 2 heterocycles. The average Bonchev–Trinajstić information content (AvgIpc) is 3.74. The van der Waals surface area contributed by atoms with Crippen LogP contribution < -0.4 is 14.2 Å². The predicted molar refractivity (Wildman–Crippen MR) is 191 cm³/mol. The lowest BCUT2D eigenvalue weighted by molar-refractivity contribution is -0.147. The van der Waals surface area contributed by atoms with Gasteiger partial charge in [-0.2, -0.15) is 0 Å². The van der Waals surface area contributed by atoms with Gasteiger partial charge in [0.05, 0.1) is 37.6 Å². The second-order valence-corrected chi connectivity index (χ2v) is 12.7. The number of carbonyl (C=O) groups is 3. The molecule has 0 spiro atoms. The van der Waals surface area contributed by atoms with E-state index in [1.165, 1.54) is 56.0 Å². The van der Waals surface area contributed by atoms with E-state index in [2.05, 4.69) is 13.8 Å². The van der Waals surface area contributed by atoms with Crippen molar-refractivity contribution < 1.29 is 47.5 Å². The molecule has 3 aromatic carbocycles. The van der Waals surface area contributed by atoms with Crippen LogP contribution in [0.3, 0.4) is 0 Å². The standard InChI is InChI=1S/C41H48O10/c1-3-5-7-9-25-45-32-18-11-29(12-19-32)13-24-37(42)50-35-27-47-39-36(28-48-38(35)39)51-41(44)31-16-22-34(23-17-31)49-40(43)30-14-20-33(21-15-30)46-26-10-8-6-4-2/h11-24,35-36,38-39H,3-10,25-28H2,1-2H3/b24-13+/t35-,36+,38-,39-/m1/s1. The lowest BCUT2D eigenvalue weighted by atomic mass is 10.1. The van der Waals surface area contributed by atoms with Gasteiger partial charge >= 0.3 is 17.9 Å². The summed E-state index contributed by atoms with van der Waals surface area (Å²) in [6.45, 7) is 5.91. The molecule has 272 valence electrons. The SMILES string of the molecule is CCCCCCOc1ccc(/C=C/C(=O)O[C@@H]2CO[C@H]3[C@@H]2OC[C@@H]3OC(=O)c2ccc(OC(=O)c3ccc(OCCCCCC)cc3)cc2)cc1. The van der Waals surface area contributed by atoms with Gasteiger partial charge in [0.15, 0.2) is 12.2 Å². The van der Waals surface area contributed by atoms with Crippen molar-refractivity contribution in [1.82, 2.24) is 0 Å². The molecule has 2 fully saturated rings. The number of ether oxygens (including phenoxy) is 7. The highest BCUT2D eigenvalue weighted by Crippen LogP contribution is 2.31. The fourth-order valence-electron chi connectivity index (χ4n) is 5.81. The van der Waals surface area contributed by atoms with Crippen LogP contribution in [0.5, 0.6) is 17.2 Å². The molecule has 4 atom stereocenters. The van der Waals surface area contributed by atoms with Gasteiger partial charge < -0.3 is 33.2 Å². The monoisotopic (exact) mass is 700 g/mol. The fraction of sp³-hybridized carbons (Fsp3) is 0.439. The zero-order valence-electron chi connectivity index (χ0n) is 29.5. The number of rotatable bonds is 19. The van der Waals surface area contributed by atoms with Crippen LogP contribution in [0.4, 0.5) is 0 Å². The van der Waals surface area contributed by atoms with Gasteiger partial charge in [0.2, 0.25) is 0 Å². The largest absolute Gasteiger partial charge is 0.494 e. The molecule has 0 N–H and O–H groups in total. The molecular formula is C41H48O10. The lowest BCUT2D eigenvalue weighted by Gasteiger charge is -2.17. The van der Waals surface area contributed by atoms with Crippen LogP contribution in [0, 0.1) is 0 Å². The Morgan fingerprint density at radius 2 is 1.10 bits per heavy atom. The van der Waals surface area contributed by atoms with Crippen molar-refractivity contribution in [3.8, 4) is 17.2 Å².